The van der Waals surface area contributed by atoms with E-state index in [1.165, 1.54) is 38.5 Å². The van der Waals surface area contributed by atoms with E-state index in [-0.39, 0.29) is 5.92 Å². The van der Waals surface area contributed by atoms with Crippen LogP contribution in [0.1, 0.15) is 41.5 Å². The third-order valence-electron chi connectivity index (χ3n) is 11.7. The van der Waals surface area contributed by atoms with Gasteiger partial charge in [0.05, 0.1) is 11.0 Å². The zero-order chi connectivity index (χ0) is 37.5. The van der Waals surface area contributed by atoms with Gasteiger partial charge in [0, 0.05) is 61.3 Å². The maximum absolute atomic E-state index is 6.68. The van der Waals surface area contributed by atoms with Crippen LogP contribution in [0.2, 0.25) is 0 Å². The third kappa shape index (κ3) is 5.14. The highest BCUT2D eigenvalue weighted by molar-refractivity contribution is 6.13. The van der Waals surface area contributed by atoms with E-state index in [2.05, 4.69) is 138 Å². The molecule has 2 aliphatic rings. The number of aryl methyl sites for hydroxylation is 1. The Bertz CT molecular complexity index is 3290. The summed E-state index contributed by atoms with van der Waals surface area (Å²) >= 11 is 0. The largest absolute Gasteiger partial charge is 0.456 e. The first-order valence-electron chi connectivity index (χ1n) is 19.6. The zero-order valence-corrected chi connectivity index (χ0v) is 30.9. The average Bonchev–Trinajstić information content (AvgIpc) is 3.95. The summed E-state index contributed by atoms with van der Waals surface area (Å²) in [5.41, 5.74) is 11.6. The standard InChI is InChI=1S/C51H34N4O2/c1-3-12-31(13-4-1)49-52-50(32-14-5-2-6-15-32)54-51(53-49)34-23-26-40-39-25-22-33(28-45(39)57-46(40)29-34)36-18-11-21-44-48(36)41-27-24-35(30-47(41)56-44)55-42-19-9-7-16-37(42)38-17-8-10-20-43(38)55/h1-14,16-21,23-24,26-30,32H,15,22,25H2. The molecule has 1 atom stereocenters. The van der Waals surface area contributed by atoms with E-state index in [1.807, 2.05) is 30.3 Å². The Hall–Kier alpha value is -7.31. The Morgan fingerprint density at radius 3 is 2.12 bits per heavy atom. The van der Waals surface area contributed by atoms with Gasteiger partial charge in [0.1, 0.15) is 28.3 Å². The molecule has 1 unspecified atom stereocenters. The quantitative estimate of drug-likeness (QED) is 0.176. The fraction of sp³-hybridized carbons (Fsp3) is 0.0784. The second-order valence-corrected chi connectivity index (χ2v) is 15.0. The SMILES string of the molecule is C1=CCC(c2nc(-c3ccccc3)nc(-c3ccc4c5c(oc4c3)C=C(c3cccc4oc6cc(-n7c8ccccc8c8ccccc87)ccc6c34)CC5)n2)C=C1. The molecule has 6 aromatic carbocycles. The highest BCUT2D eigenvalue weighted by Crippen LogP contribution is 2.43. The lowest BCUT2D eigenvalue weighted by Crippen LogP contribution is -2.07. The van der Waals surface area contributed by atoms with E-state index in [1.54, 1.807) is 0 Å². The molecule has 6 heteroatoms. The lowest BCUT2D eigenvalue weighted by Gasteiger charge is -2.14. The number of allylic oxidation sites excluding steroid dienone is 5. The number of fused-ring (bicyclic) bond motifs is 9. The molecule has 4 aromatic heterocycles. The third-order valence-corrected chi connectivity index (χ3v) is 11.7. The fourth-order valence-electron chi connectivity index (χ4n) is 8.98. The predicted octanol–water partition coefficient (Wildman–Crippen LogP) is 13.0. The van der Waals surface area contributed by atoms with Crippen LogP contribution in [-0.2, 0) is 6.42 Å². The van der Waals surface area contributed by atoms with E-state index in [4.69, 9.17) is 23.8 Å². The first-order valence-corrected chi connectivity index (χ1v) is 19.6. The first kappa shape index (κ1) is 32.0. The molecule has 270 valence electrons. The summed E-state index contributed by atoms with van der Waals surface area (Å²) in [6, 6.07) is 46.7. The van der Waals surface area contributed by atoms with Crippen LogP contribution in [0.4, 0.5) is 0 Å². The molecule has 6 nitrogen and oxygen atoms in total. The molecule has 57 heavy (non-hydrogen) atoms. The smallest absolute Gasteiger partial charge is 0.163 e. The molecular formula is C51H34N4O2. The van der Waals surface area contributed by atoms with Crippen molar-refractivity contribution in [1.29, 1.82) is 0 Å². The Morgan fingerprint density at radius 1 is 0.561 bits per heavy atom. The van der Waals surface area contributed by atoms with Crippen molar-refractivity contribution in [3.63, 3.8) is 0 Å². The van der Waals surface area contributed by atoms with Crippen molar-refractivity contribution in [3.05, 3.63) is 180 Å². The van der Waals surface area contributed by atoms with Crippen molar-refractivity contribution < 1.29 is 8.83 Å². The number of rotatable bonds is 5. The molecule has 2 aliphatic carbocycles. The molecule has 0 saturated carbocycles. The Balaban J connectivity index is 0.934. The van der Waals surface area contributed by atoms with Gasteiger partial charge in [0.2, 0.25) is 0 Å². The van der Waals surface area contributed by atoms with Gasteiger partial charge in [-0.05, 0) is 72.9 Å². The summed E-state index contributed by atoms with van der Waals surface area (Å²) in [6.07, 6.45) is 13.3. The summed E-state index contributed by atoms with van der Waals surface area (Å²) in [7, 11) is 0. The number of furan rings is 2. The topological polar surface area (TPSA) is 69.9 Å². The van der Waals surface area contributed by atoms with Gasteiger partial charge < -0.3 is 13.4 Å². The van der Waals surface area contributed by atoms with Gasteiger partial charge in [0.15, 0.2) is 11.6 Å². The Labute approximate surface area is 327 Å². The van der Waals surface area contributed by atoms with E-state index in [0.29, 0.717) is 11.6 Å². The number of nitrogens with zero attached hydrogens (tertiary/aromatic N) is 4. The number of para-hydroxylation sites is 2. The maximum atomic E-state index is 6.68. The minimum absolute atomic E-state index is 0.0985. The van der Waals surface area contributed by atoms with Crippen LogP contribution in [0.15, 0.2) is 167 Å². The minimum atomic E-state index is 0.0985. The van der Waals surface area contributed by atoms with Gasteiger partial charge in [0.25, 0.3) is 0 Å². The van der Waals surface area contributed by atoms with Gasteiger partial charge >= 0.3 is 0 Å². The van der Waals surface area contributed by atoms with Crippen LogP contribution in [0.5, 0.6) is 0 Å². The van der Waals surface area contributed by atoms with Crippen LogP contribution >= 0.6 is 0 Å². The molecule has 0 radical (unpaired) electrons. The Kier molecular flexibility index (Phi) is 7.08. The fourth-order valence-corrected chi connectivity index (χ4v) is 8.98. The van der Waals surface area contributed by atoms with Gasteiger partial charge in [-0.15, -0.1) is 0 Å². The highest BCUT2D eigenvalue weighted by atomic mass is 16.3. The van der Waals surface area contributed by atoms with Gasteiger partial charge in [-0.3, -0.25) is 0 Å². The number of aromatic nitrogens is 4. The minimum Gasteiger partial charge on any atom is -0.456 e. The normalized spacial score (nSPS) is 15.3. The summed E-state index contributed by atoms with van der Waals surface area (Å²) < 4.78 is 15.6. The summed E-state index contributed by atoms with van der Waals surface area (Å²) in [5.74, 6) is 3.10. The van der Waals surface area contributed by atoms with E-state index < -0.39 is 0 Å². The lowest BCUT2D eigenvalue weighted by molar-refractivity contribution is 0.596. The van der Waals surface area contributed by atoms with Crippen molar-refractivity contribution in [1.82, 2.24) is 19.5 Å². The molecular weight excluding hydrogens is 701 g/mol. The monoisotopic (exact) mass is 734 g/mol. The van der Waals surface area contributed by atoms with Gasteiger partial charge in [-0.1, -0.05) is 115 Å². The lowest BCUT2D eigenvalue weighted by atomic mass is 9.89. The van der Waals surface area contributed by atoms with Crippen LogP contribution in [0.25, 0.3) is 94.8 Å². The van der Waals surface area contributed by atoms with Crippen molar-refractivity contribution in [2.75, 3.05) is 0 Å². The molecule has 0 bridgehead atoms. The van der Waals surface area contributed by atoms with Crippen LogP contribution in [-0.4, -0.2) is 19.5 Å². The molecule has 0 saturated heterocycles. The molecule has 10 aromatic rings. The number of benzene rings is 6. The molecule has 0 aliphatic heterocycles. The van der Waals surface area contributed by atoms with E-state index in [0.717, 1.165) is 80.6 Å². The average molecular weight is 735 g/mol. The first-order chi connectivity index (χ1) is 28.2. The summed E-state index contributed by atoms with van der Waals surface area (Å²) in [5, 5.41) is 5.86. The maximum Gasteiger partial charge on any atom is 0.163 e. The highest BCUT2D eigenvalue weighted by Gasteiger charge is 2.24. The molecule has 12 rings (SSSR count). The second-order valence-electron chi connectivity index (χ2n) is 15.0. The molecule has 0 fully saturated rings. The second kappa shape index (κ2) is 12.6. The predicted molar refractivity (Wildman–Crippen MR) is 230 cm³/mol. The summed E-state index contributed by atoms with van der Waals surface area (Å²) in [6.45, 7) is 0. The van der Waals surface area contributed by atoms with E-state index in [9.17, 15) is 0 Å². The van der Waals surface area contributed by atoms with Crippen molar-refractivity contribution >= 4 is 66.4 Å². The Morgan fingerprint density at radius 2 is 1.32 bits per heavy atom. The van der Waals surface area contributed by atoms with Crippen LogP contribution < -0.4 is 0 Å². The van der Waals surface area contributed by atoms with Crippen molar-refractivity contribution in [2.24, 2.45) is 0 Å². The van der Waals surface area contributed by atoms with Crippen molar-refractivity contribution in [2.45, 2.75) is 25.2 Å². The van der Waals surface area contributed by atoms with Crippen LogP contribution in [0, 0.1) is 0 Å². The molecule has 0 N–H and O–H groups in total. The van der Waals surface area contributed by atoms with Crippen LogP contribution in [0.3, 0.4) is 0 Å². The molecule has 0 amide bonds. The zero-order valence-electron chi connectivity index (χ0n) is 30.9. The number of hydrogen-bond donors (Lipinski definition) is 0. The summed E-state index contributed by atoms with van der Waals surface area (Å²) in [4.78, 5) is 14.9. The van der Waals surface area contributed by atoms with Crippen molar-refractivity contribution in [3.8, 4) is 28.5 Å². The van der Waals surface area contributed by atoms with Gasteiger partial charge in [-0.25, -0.2) is 15.0 Å². The number of hydrogen-bond acceptors (Lipinski definition) is 5. The molecule has 4 heterocycles. The van der Waals surface area contributed by atoms with Gasteiger partial charge in [-0.2, -0.15) is 0 Å². The molecule has 0 spiro atoms. The van der Waals surface area contributed by atoms with E-state index >= 15 is 0 Å².